The molecule has 0 unspecified atom stereocenters. The highest BCUT2D eigenvalue weighted by molar-refractivity contribution is 7.71. The van der Waals surface area contributed by atoms with E-state index in [1.54, 1.807) is 0 Å². The number of unbranched alkanes of at least 4 members (excludes halogenated alkanes) is 3. The van der Waals surface area contributed by atoms with Gasteiger partial charge in [-0.2, -0.15) is 4.52 Å². The van der Waals surface area contributed by atoms with Gasteiger partial charge in [-0.15, -0.1) is 0 Å². The molecule has 110 valence electrons. The van der Waals surface area contributed by atoms with Crippen LogP contribution in [0.4, 0.5) is 0 Å². The van der Waals surface area contributed by atoms with E-state index in [1.807, 2.05) is 0 Å². The van der Waals surface area contributed by atoms with Crippen LogP contribution in [0.15, 0.2) is 0 Å². The van der Waals surface area contributed by atoms with Crippen LogP contribution in [0.5, 0.6) is 0 Å². The maximum atomic E-state index is 5.94. The summed E-state index contributed by atoms with van der Waals surface area (Å²) < 4.78 is 4.39. The normalized spacial score (nSPS) is 13.0. The molecule has 18 heavy (non-hydrogen) atoms. The van der Waals surface area contributed by atoms with Crippen LogP contribution in [0.3, 0.4) is 0 Å². The standard InChI is InChI=1S/C13H27Cl3OP/c1-4-7-10-18(11-8-5-2,12-9-6-3)17-13(14,15)16/h4-12H2,1-3H3/q+1. The van der Waals surface area contributed by atoms with Crippen molar-refractivity contribution in [2.45, 2.75) is 63.3 Å². The van der Waals surface area contributed by atoms with Gasteiger partial charge in [0.25, 0.3) is 0 Å². The fourth-order valence-corrected chi connectivity index (χ4v) is 7.41. The Morgan fingerprint density at radius 1 is 0.778 bits per heavy atom. The lowest BCUT2D eigenvalue weighted by atomic mass is 10.4. The molecule has 0 atom stereocenters. The maximum absolute atomic E-state index is 5.94. The molecule has 0 spiro atoms. The van der Waals surface area contributed by atoms with Gasteiger partial charge < -0.3 is 0 Å². The molecule has 0 heterocycles. The van der Waals surface area contributed by atoms with E-state index >= 15 is 0 Å². The van der Waals surface area contributed by atoms with Gasteiger partial charge in [0, 0.05) is 0 Å². The van der Waals surface area contributed by atoms with E-state index in [-0.39, 0.29) is 0 Å². The second-order valence-electron chi connectivity index (χ2n) is 4.83. The minimum absolute atomic E-state index is 1.09. The monoisotopic (exact) mass is 335 g/mol. The summed E-state index contributed by atoms with van der Waals surface area (Å²) in [5, 5.41) is 0. The van der Waals surface area contributed by atoms with Gasteiger partial charge in [-0.1, -0.05) is 40.0 Å². The molecule has 1 nitrogen and oxygen atoms in total. The fraction of sp³-hybridized carbons (Fsp3) is 1.00. The minimum atomic E-state index is -1.56. The second kappa shape index (κ2) is 10.1. The Hall–Kier alpha value is 1.26. The summed E-state index contributed by atoms with van der Waals surface area (Å²) in [6.07, 6.45) is 10.3. The molecule has 5 heteroatoms. The summed E-state index contributed by atoms with van der Waals surface area (Å²) in [5.41, 5.74) is 0. The highest BCUT2D eigenvalue weighted by Gasteiger charge is 2.45. The van der Waals surface area contributed by atoms with Crippen molar-refractivity contribution < 1.29 is 4.52 Å². The van der Waals surface area contributed by atoms with Crippen LogP contribution in [0, 0.1) is 0 Å². The van der Waals surface area contributed by atoms with Crippen molar-refractivity contribution in [3.05, 3.63) is 0 Å². The molecule has 0 amide bonds. The number of halogens is 3. The Labute approximate surface area is 128 Å². The van der Waals surface area contributed by atoms with Crippen LogP contribution in [0.25, 0.3) is 0 Å². The van der Waals surface area contributed by atoms with Gasteiger partial charge in [-0.3, -0.25) is 0 Å². The van der Waals surface area contributed by atoms with Crippen LogP contribution in [-0.4, -0.2) is 22.5 Å². The first-order valence-electron chi connectivity index (χ1n) is 7.02. The van der Waals surface area contributed by atoms with Crippen molar-refractivity contribution in [3.63, 3.8) is 0 Å². The van der Waals surface area contributed by atoms with E-state index in [1.165, 1.54) is 38.5 Å². The Balaban J connectivity index is 4.73. The van der Waals surface area contributed by atoms with E-state index in [0.29, 0.717) is 0 Å². The lowest BCUT2D eigenvalue weighted by Gasteiger charge is -2.28. The highest BCUT2D eigenvalue weighted by atomic mass is 35.6. The van der Waals surface area contributed by atoms with E-state index in [0.717, 1.165) is 18.5 Å². The van der Waals surface area contributed by atoms with Gasteiger partial charge >= 0.3 is 3.98 Å². The van der Waals surface area contributed by atoms with Crippen LogP contribution < -0.4 is 0 Å². The predicted octanol–water partition coefficient (Wildman–Crippen LogP) is 6.66. The fourth-order valence-electron chi connectivity index (χ4n) is 2.03. The van der Waals surface area contributed by atoms with Crippen molar-refractivity contribution in [2.24, 2.45) is 0 Å². The number of hydrogen-bond acceptors (Lipinski definition) is 1. The Morgan fingerprint density at radius 3 is 1.33 bits per heavy atom. The summed E-state index contributed by atoms with van der Waals surface area (Å²) in [6.45, 7) is 6.59. The zero-order valence-corrected chi connectivity index (χ0v) is 15.0. The van der Waals surface area contributed by atoms with E-state index < -0.39 is 11.5 Å². The van der Waals surface area contributed by atoms with Crippen molar-refractivity contribution in [2.75, 3.05) is 18.5 Å². The first-order valence-corrected chi connectivity index (χ1v) is 10.4. The molecule has 0 aromatic carbocycles. The Kier molecular flexibility index (Phi) is 10.8. The third-order valence-electron chi connectivity index (χ3n) is 3.05. The minimum Gasteiger partial charge on any atom is -0.183 e. The van der Waals surface area contributed by atoms with E-state index in [2.05, 4.69) is 20.8 Å². The molecular formula is C13H27Cl3OP+. The van der Waals surface area contributed by atoms with Crippen LogP contribution in [-0.2, 0) is 4.52 Å². The number of alkyl halides is 3. The van der Waals surface area contributed by atoms with Gasteiger partial charge in [0.2, 0.25) is 0 Å². The predicted molar refractivity (Wildman–Crippen MR) is 87.6 cm³/mol. The molecule has 0 aliphatic rings. The molecule has 0 N–H and O–H groups in total. The first-order chi connectivity index (χ1) is 8.39. The third kappa shape index (κ3) is 9.21. The van der Waals surface area contributed by atoms with E-state index in [9.17, 15) is 0 Å². The Morgan fingerprint density at radius 2 is 1.11 bits per heavy atom. The molecule has 0 rings (SSSR count). The van der Waals surface area contributed by atoms with Gasteiger partial charge in [0.05, 0.1) is 18.5 Å². The maximum Gasteiger partial charge on any atom is 0.334 e. The lowest BCUT2D eigenvalue weighted by Crippen LogP contribution is -2.19. The molecule has 0 fully saturated rings. The van der Waals surface area contributed by atoms with Gasteiger partial charge in [-0.25, -0.2) is 0 Å². The van der Waals surface area contributed by atoms with Crippen molar-refractivity contribution >= 4 is 42.3 Å². The van der Waals surface area contributed by atoms with Crippen LogP contribution in [0.1, 0.15) is 59.3 Å². The van der Waals surface area contributed by atoms with Gasteiger partial charge in [-0.05, 0) is 54.1 Å². The van der Waals surface area contributed by atoms with Crippen LogP contribution in [0.2, 0.25) is 0 Å². The molecule has 0 saturated carbocycles. The molecule has 0 aliphatic heterocycles. The van der Waals surface area contributed by atoms with Crippen molar-refractivity contribution in [1.82, 2.24) is 0 Å². The summed E-state index contributed by atoms with van der Waals surface area (Å²) in [5.74, 6) is 0. The molecule has 0 aromatic heterocycles. The quantitative estimate of drug-likeness (QED) is 0.320. The van der Waals surface area contributed by atoms with Gasteiger partial charge in [0.1, 0.15) is 0 Å². The van der Waals surface area contributed by atoms with Crippen LogP contribution >= 0.6 is 42.3 Å². The molecular weight excluding hydrogens is 309 g/mol. The number of rotatable bonds is 10. The highest BCUT2D eigenvalue weighted by Crippen LogP contribution is 2.65. The SMILES string of the molecule is CCCC[P+](CCCC)(CCCC)OC(Cl)(Cl)Cl. The zero-order chi connectivity index (χ0) is 14.1. The first kappa shape index (κ1) is 19.3. The smallest absolute Gasteiger partial charge is 0.183 e. The molecule has 0 aromatic rings. The van der Waals surface area contributed by atoms with Gasteiger partial charge in [0.15, 0.2) is 7.49 Å². The summed E-state index contributed by atoms with van der Waals surface area (Å²) >= 11 is 17.7. The lowest BCUT2D eigenvalue weighted by molar-refractivity contribution is 0.340. The molecule has 0 saturated heterocycles. The van der Waals surface area contributed by atoms with Crippen molar-refractivity contribution in [3.8, 4) is 0 Å². The second-order valence-corrected chi connectivity index (χ2v) is 10.6. The molecule has 0 aliphatic carbocycles. The Bertz CT molecular complexity index is 185. The molecule has 0 bridgehead atoms. The van der Waals surface area contributed by atoms with Crippen molar-refractivity contribution in [1.29, 1.82) is 0 Å². The third-order valence-corrected chi connectivity index (χ3v) is 7.66. The summed E-state index contributed by atoms with van der Waals surface area (Å²) in [7, 11) is -1.56. The largest absolute Gasteiger partial charge is 0.334 e. The topological polar surface area (TPSA) is 9.23 Å². The average Bonchev–Trinajstić information content (AvgIpc) is 2.29. The number of hydrogen-bond donors (Lipinski definition) is 0. The zero-order valence-electron chi connectivity index (χ0n) is 11.9. The van der Waals surface area contributed by atoms with E-state index in [4.69, 9.17) is 39.3 Å². The molecule has 0 radical (unpaired) electrons. The summed E-state index contributed by atoms with van der Waals surface area (Å²) in [6, 6.07) is 0. The average molecular weight is 337 g/mol. The summed E-state index contributed by atoms with van der Waals surface area (Å²) in [4.78, 5) is 0.